The van der Waals surface area contributed by atoms with Crippen molar-refractivity contribution < 1.29 is 4.74 Å². The van der Waals surface area contributed by atoms with E-state index >= 15 is 0 Å². The molecular formula is C20H31N5O. The summed E-state index contributed by atoms with van der Waals surface area (Å²) in [5, 5.41) is 6.33. The highest BCUT2D eigenvalue weighted by Crippen LogP contribution is 2.24. The van der Waals surface area contributed by atoms with Crippen molar-refractivity contribution >= 4 is 12.2 Å². The maximum atomic E-state index is 6.11. The first-order chi connectivity index (χ1) is 12.7. The van der Waals surface area contributed by atoms with Gasteiger partial charge in [-0.25, -0.2) is 9.98 Å². The van der Waals surface area contributed by atoms with E-state index in [0.717, 1.165) is 0 Å². The summed E-state index contributed by atoms with van der Waals surface area (Å²) in [4.78, 5) is 8.86. The lowest BCUT2D eigenvalue weighted by Gasteiger charge is -2.21. The Labute approximate surface area is 156 Å². The van der Waals surface area contributed by atoms with Gasteiger partial charge >= 0.3 is 0 Å². The van der Waals surface area contributed by atoms with Crippen LogP contribution in [0.5, 0.6) is 0 Å². The predicted molar refractivity (Wildman–Crippen MR) is 109 cm³/mol. The number of nitrogens with one attached hydrogen (secondary N) is 2. The smallest absolute Gasteiger partial charge is 0.214 e. The second kappa shape index (κ2) is 11.3. The highest BCUT2D eigenvalue weighted by Gasteiger charge is 2.19. The standard InChI is InChI=1S/C20H31N5O/c1-3-4-5-6-10-13-22-16(2)25-20-18(23-15-24-20)19(21)26-14-17-11-8-7-9-12-17/h3-6,10,15-17,22H,1,7-9,11-14,21H2,2H3,(H,23,24,25)/b5-4-,10-6-,19-18-. The fraction of sp³-hybridized carbons (Fsp3) is 0.500. The second-order valence-corrected chi connectivity index (χ2v) is 6.54. The predicted octanol–water partition coefficient (Wildman–Crippen LogP) is 2.98. The monoisotopic (exact) mass is 357 g/mol. The third kappa shape index (κ3) is 6.88. The Kier molecular flexibility index (Phi) is 8.69. The Morgan fingerprint density at radius 2 is 2.23 bits per heavy atom. The third-order valence-corrected chi connectivity index (χ3v) is 4.40. The van der Waals surface area contributed by atoms with E-state index in [1.807, 2.05) is 31.2 Å². The molecule has 1 heterocycles. The van der Waals surface area contributed by atoms with Crippen LogP contribution < -0.4 is 16.4 Å². The zero-order valence-electron chi connectivity index (χ0n) is 15.7. The van der Waals surface area contributed by atoms with Gasteiger partial charge in [-0.15, -0.1) is 0 Å². The van der Waals surface area contributed by atoms with Gasteiger partial charge in [0.25, 0.3) is 0 Å². The number of allylic oxidation sites excluding steroid dienone is 4. The first-order valence-corrected chi connectivity index (χ1v) is 9.38. The van der Waals surface area contributed by atoms with Crippen LogP contribution in [-0.2, 0) is 4.74 Å². The van der Waals surface area contributed by atoms with Crippen molar-refractivity contribution in [2.24, 2.45) is 21.6 Å². The largest absolute Gasteiger partial charge is 0.477 e. The molecule has 1 fully saturated rings. The van der Waals surface area contributed by atoms with Gasteiger partial charge in [0.05, 0.1) is 19.1 Å². The third-order valence-electron chi connectivity index (χ3n) is 4.40. The SMILES string of the molecule is C=C/C=C\C=C/CNC(C)/N=C1/NC=N/C1=C(/N)OCC1CCCCC1. The minimum absolute atomic E-state index is 0.0756. The quantitative estimate of drug-likeness (QED) is 0.437. The molecule has 6 nitrogen and oxygen atoms in total. The molecule has 2 aliphatic rings. The van der Waals surface area contributed by atoms with E-state index in [1.54, 1.807) is 12.4 Å². The van der Waals surface area contributed by atoms with E-state index < -0.39 is 0 Å². The van der Waals surface area contributed by atoms with Gasteiger partial charge in [0.1, 0.15) is 0 Å². The molecule has 1 saturated carbocycles. The summed E-state index contributed by atoms with van der Waals surface area (Å²) < 4.78 is 5.79. The highest BCUT2D eigenvalue weighted by atomic mass is 16.5. The van der Waals surface area contributed by atoms with Gasteiger partial charge in [-0.3, -0.25) is 5.32 Å². The molecule has 0 saturated heterocycles. The van der Waals surface area contributed by atoms with Crippen molar-refractivity contribution in [2.75, 3.05) is 13.2 Å². The summed E-state index contributed by atoms with van der Waals surface area (Å²) in [6.45, 7) is 6.99. The molecule has 2 rings (SSSR count). The van der Waals surface area contributed by atoms with Crippen LogP contribution in [0.2, 0.25) is 0 Å². The van der Waals surface area contributed by atoms with Crippen molar-refractivity contribution in [1.82, 2.24) is 10.6 Å². The summed E-state index contributed by atoms with van der Waals surface area (Å²) in [7, 11) is 0. The van der Waals surface area contributed by atoms with E-state index in [1.165, 1.54) is 32.1 Å². The number of nitrogens with zero attached hydrogens (tertiary/aromatic N) is 2. The first-order valence-electron chi connectivity index (χ1n) is 9.38. The molecule has 0 radical (unpaired) electrons. The summed E-state index contributed by atoms with van der Waals surface area (Å²) in [5.41, 5.74) is 6.69. The first kappa shape index (κ1) is 20.0. The average Bonchev–Trinajstić information content (AvgIpc) is 3.11. The Balaban J connectivity index is 1.84. The van der Waals surface area contributed by atoms with Crippen LogP contribution in [0.3, 0.4) is 0 Å². The van der Waals surface area contributed by atoms with Crippen LogP contribution >= 0.6 is 0 Å². The number of nitrogens with two attached hydrogens (primary N) is 1. The summed E-state index contributed by atoms with van der Waals surface area (Å²) in [6, 6.07) is 0. The lowest BCUT2D eigenvalue weighted by Crippen LogP contribution is -2.29. The Morgan fingerprint density at radius 1 is 1.42 bits per heavy atom. The maximum absolute atomic E-state index is 6.11. The highest BCUT2D eigenvalue weighted by molar-refractivity contribution is 6.09. The fourth-order valence-corrected chi connectivity index (χ4v) is 2.96. The summed E-state index contributed by atoms with van der Waals surface area (Å²) >= 11 is 0. The Bertz CT molecular complexity index is 597. The molecule has 0 amide bonds. The fourth-order valence-electron chi connectivity index (χ4n) is 2.96. The molecule has 0 aromatic rings. The average molecular weight is 358 g/mol. The van der Waals surface area contributed by atoms with Crippen molar-refractivity contribution in [2.45, 2.75) is 45.2 Å². The molecule has 26 heavy (non-hydrogen) atoms. The van der Waals surface area contributed by atoms with E-state index in [4.69, 9.17) is 10.5 Å². The molecule has 4 N–H and O–H groups in total. The molecule has 1 aliphatic heterocycles. The number of hydrogen-bond acceptors (Lipinski definition) is 5. The molecular weight excluding hydrogens is 326 g/mol. The van der Waals surface area contributed by atoms with Gasteiger partial charge in [-0.05, 0) is 25.7 Å². The normalized spacial score (nSPS) is 22.9. The van der Waals surface area contributed by atoms with Crippen LogP contribution in [0.15, 0.2) is 58.5 Å². The van der Waals surface area contributed by atoms with Gasteiger partial charge in [-0.2, -0.15) is 0 Å². The van der Waals surface area contributed by atoms with E-state index in [-0.39, 0.29) is 6.17 Å². The van der Waals surface area contributed by atoms with Crippen molar-refractivity contribution in [3.63, 3.8) is 0 Å². The lowest BCUT2D eigenvalue weighted by molar-refractivity contribution is 0.139. The van der Waals surface area contributed by atoms with Crippen LogP contribution in [0.4, 0.5) is 0 Å². The zero-order chi connectivity index (χ0) is 18.6. The second-order valence-electron chi connectivity index (χ2n) is 6.54. The number of aliphatic imine (C=N–C) groups is 2. The van der Waals surface area contributed by atoms with Crippen molar-refractivity contribution in [3.05, 3.63) is 48.5 Å². The summed E-state index contributed by atoms with van der Waals surface area (Å²) in [5.74, 6) is 1.59. The molecule has 1 aliphatic carbocycles. The number of rotatable bonds is 9. The Morgan fingerprint density at radius 3 is 3.00 bits per heavy atom. The molecule has 142 valence electrons. The summed E-state index contributed by atoms with van der Waals surface area (Å²) in [6.07, 6.45) is 17.4. The van der Waals surface area contributed by atoms with Gasteiger partial charge in [0.2, 0.25) is 5.88 Å². The number of hydrogen-bond donors (Lipinski definition) is 3. The Hall–Kier alpha value is -2.34. The van der Waals surface area contributed by atoms with E-state index in [2.05, 4.69) is 27.2 Å². The number of ether oxygens (including phenoxy) is 1. The van der Waals surface area contributed by atoms with Crippen LogP contribution in [0.25, 0.3) is 0 Å². The molecule has 0 aromatic heterocycles. The molecule has 1 atom stereocenters. The van der Waals surface area contributed by atoms with Gasteiger partial charge in [0.15, 0.2) is 11.5 Å². The topological polar surface area (TPSA) is 84.0 Å². The lowest BCUT2D eigenvalue weighted by atomic mass is 9.90. The molecule has 6 heteroatoms. The minimum atomic E-state index is -0.0756. The van der Waals surface area contributed by atoms with Gasteiger partial charge in [-0.1, -0.05) is 56.2 Å². The van der Waals surface area contributed by atoms with Crippen LogP contribution in [-0.4, -0.2) is 31.5 Å². The van der Waals surface area contributed by atoms with E-state index in [0.29, 0.717) is 36.5 Å². The molecule has 0 aromatic carbocycles. The molecule has 0 spiro atoms. The zero-order valence-corrected chi connectivity index (χ0v) is 15.7. The van der Waals surface area contributed by atoms with E-state index in [9.17, 15) is 0 Å². The minimum Gasteiger partial charge on any atom is -0.477 e. The van der Waals surface area contributed by atoms with Crippen LogP contribution in [0.1, 0.15) is 39.0 Å². The maximum Gasteiger partial charge on any atom is 0.214 e. The van der Waals surface area contributed by atoms with Crippen molar-refractivity contribution in [1.29, 1.82) is 0 Å². The van der Waals surface area contributed by atoms with Gasteiger partial charge in [0, 0.05) is 6.54 Å². The molecule has 0 bridgehead atoms. The molecule has 1 unspecified atom stereocenters. The van der Waals surface area contributed by atoms with Crippen LogP contribution in [0, 0.1) is 5.92 Å². The van der Waals surface area contributed by atoms with Gasteiger partial charge < -0.3 is 15.8 Å². The number of amidine groups is 1. The van der Waals surface area contributed by atoms with Crippen molar-refractivity contribution in [3.8, 4) is 0 Å².